The van der Waals surface area contributed by atoms with Crippen molar-refractivity contribution in [1.29, 1.82) is 0 Å². The van der Waals surface area contributed by atoms with Gasteiger partial charge in [0, 0.05) is 6.04 Å². The maximum atomic E-state index is 9.06. The van der Waals surface area contributed by atoms with Crippen molar-refractivity contribution < 1.29 is 5.11 Å². The molecule has 1 aliphatic carbocycles. The van der Waals surface area contributed by atoms with E-state index in [1.165, 1.54) is 5.56 Å². The Labute approximate surface area is 72.0 Å². The van der Waals surface area contributed by atoms with Gasteiger partial charge in [0.15, 0.2) is 0 Å². The zero-order valence-electron chi connectivity index (χ0n) is 6.90. The zero-order chi connectivity index (χ0) is 8.55. The molecule has 0 radical (unpaired) electrons. The molecule has 0 bridgehead atoms. The van der Waals surface area contributed by atoms with Crippen LogP contribution in [-0.2, 0) is 0 Å². The molecule has 64 valence electrons. The molecule has 0 spiro atoms. The van der Waals surface area contributed by atoms with Crippen LogP contribution in [0.25, 0.3) is 0 Å². The summed E-state index contributed by atoms with van der Waals surface area (Å²) >= 11 is 0. The molecule has 1 aromatic carbocycles. The van der Waals surface area contributed by atoms with Crippen molar-refractivity contribution >= 4 is 0 Å². The highest BCUT2D eigenvalue weighted by molar-refractivity contribution is 5.29. The van der Waals surface area contributed by atoms with Crippen LogP contribution in [0.15, 0.2) is 24.3 Å². The highest BCUT2D eigenvalue weighted by Gasteiger charge is 2.26. The van der Waals surface area contributed by atoms with Crippen LogP contribution in [0.4, 0.5) is 0 Å². The van der Waals surface area contributed by atoms with Gasteiger partial charge in [0.2, 0.25) is 0 Å². The third kappa shape index (κ3) is 1.30. The molecular formula is C10H13NO. The molecule has 2 nitrogen and oxygen atoms in total. The second-order valence-corrected chi connectivity index (χ2v) is 3.52. The molecule has 2 rings (SSSR count). The van der Waals surface area contributed by atoms with Crippen molar-refractivity contribution in [2.45, 2.75) is 24.8 Å². The van der Waals surface area contributed by atoms with Crippen molar-refractivity contribution in [3.63, 3.8) is 0 Å². The van der Waals surface area contributed by atoms with E-state index in [-0.39, 0.29) is 0 Å². The lowest BCUT2D eigenvalue weighted by Crippen LogP contribution is -2.34. The number of rotatable bonds is 1. The van der Waals surface area contributed by atoms with Gasteiger partial charge < -0.3 is 10.8 Å². The van der Waals surface area contributed by atoms with E-state index in [4.69, 9.17) is 10.8 Å². The largest absolute Gasteiger partial charge is 0.508 e. The number of hydrogen-bond acceptors (Lipinski definition) is 2. The van der Waals surface area contributed by atoms with Gasteiger partial charge >= 0.3 is 0 Å². The molecule has 12 heavy (non-hydrogen) atoms. The smallest absolute Gasteiger partial charge is 0.115 e. The van der Waals surface area contributed by atoms with Crippen LogP contribution < -0.4 is 5.73 Å². The number of phenolic OH excluding ortho intramolecular Hbond substituents is 1. The third-order valence-electron chi connectivity index (χ3n) is 2.54. The molecule has 1 fully saturated rings. The fraction of sp³-hybridized carbons (Fsp3) is 0.400. The molecule has 0 aromatic heterocycles. The molecule has 0 aliphatic heterocycles. The maximum absolute atomic E-state index is 9.06. The predicted octanol–water partition coefficient (Wildman–Crippen LogP) is 1.60. The van der Waals surface area contributed by atoms with E-state index in [1.807, 2.05) is 12.1 Å². The minimum absolute atomic E-state index is 0.336. The Morgan fingerprint density at radius 3 is 2.25 bits per heavy atom. The second-order valence-electron chi connectivity index (χ2n) is 3.52. The first-order chi connectivity index (χ1) is 5.75. The van der Waals surface area contributed by atoms with Gasteiger partial charge in [-0.1, -0.05) is 12.1 Å². The van der Waals surface area contributed by atoms with E-state index in [2.05, 4.69) is 0 Å². The van der Waals surface area contributed by atoms with E-state index in [0.717, 1.165) is 12.8 Å². The van der Waals surface area contributed by atoms with Crippen LogP contribution in [0, 0.1) is 0 Å². The van der Waals surface area contributed by atoms with Crippen molar-refractivity contribution in [1.82, 2.24) is 0 Å². The van der Waals surface area contributed by atoms with Gasteiger partial charge in [-0.3, -0.25) is 0 Å². The van der Waals surface area contributed by atoms with Gasteiger partial charge in [-0.05, 0) is 36.5 Å². The highest BCUT2D eigenvalue weighted by Crippen LogP contribution is 2.35. The number of benzene rings is 1. The van der Waals surface area contributed by atoms with Crippen molar-refractivity contribution in [2.24, 2.45) is 5.73 Å². The lowest BCUT2D eigenvalue weighted by molar-refractivity contribution is 0.351. The van der Waals surface area contributed by atoms with Gasteiger partial charge in [-0.15, -0.1) is 0 Å². The number of nitrogens with two attached hydrogens (primary N) is 1. The lowest BCUT2D eigenvalue weighted by Gasteiger charge is -2.32. The summed E-state index contributed by atoms with van der Waals surface area (Å²) in [7, 11) is 0. The van der Waals surface area contributed by atoms with Crippen molar-refractivity contribution in [3.05, 3.63) is 29.8 Å². The van der Waals surface area contributed by atoms with Gasteiger partial charge in [0.1, 0.15) is 5.75 Å². The highest BCUT2D eigenvalue weighted by atomic mass is 16.3. The summed E-state index contributed by atoms with van der Waals surface area (Å²) in [5.74, 6) is 0.961. The summed E-state index contributed by atoms with van der Waals surface area (Å²) in [6.07, 6.45) is 2.18. The van der Waals surface area contributed by atoms with E-state index in [0.29, 0.717) is 17.7 Å². The first-order valence-electron chi connectivity index (χ1n) is 4.30. The predicted molar refractivity (Wildman–Crippen MR) is 48.1 cm³/mol. The molecule has 1 aromatic rings. The summed E-state index contributed by atoms with van der Waals surface area (Å²) in [5.41, 5.74) is 6.99. The minimum atomic E-state index is 0.336. The Balaban J connectivity index is 2.09. The van der Waals surface area contributed by atoms with Crippen LogP contribution in [0.1, 0.15) is 24.3 Å². The molecule has 3 N–H and O–H groups in total. The van der Waals surface area contributed by atoms with Crippen LogP contribution in [0.2, 0.25) is 0 Å². The first kappa shape index (κ1) is 7.62. The molecule has 1 saturated carbocycles. The Hall–Kier alpha value is -1.02. The first-order valence-corrected chi connectivity index (χ1v) is 4.30. The molecule has 0 atom stereocenters. The topological polar surface area (TPSA) is 46.2 Å². The fourth-order valence-corrected chi connectivity index (χ4v) is 1.68. The Morgan fingerprint density at radius 2 is 1.75 bits per heavy atom. The van der Waals surface area contributed by atoms with E-state index in [1.54, 1.807) is 12.1 Å². The molecule has 0 unspecified atom stereocenters. The summed E-state index contributed by atoms with van der Waals surface area (Å²) in [6.45, 7) is 0. The minimum Gasteiger partial charge on any atom is -0.508 e. The summed E-state index contributed by atoms with van der Waals surface area (Å²) in [5, 5.41) is 9.06. The van der Waals surface area contributed by atoms with Crippen molar-refractivity contribution in [3.8, 4) is 5.75 Å². The quantitative estimate of drug-likeness (QED) is 0.660. The summed E-state index contributed by atoms with van der Waals surface area (Å²) in [6, 6.07) is 7.82. The van der Waals surface area contributed by atoms with Gasteiger partial charge in [-0.2, -0.15) is 0 Å². The van der Waals surface area contributed by atoms with Gasteiger partial charge in [0.05, 0.1) is 0 Å². The lowest BCUT2D eigenvalue weighted by atomic mass is 9.76. The average molecular weight is 163 g/mol. The van der Waals surface area contributed by atoms with Crippen LogP contribution in [-0.4, -0.2) is 11.1 Å². The van der Waals surface area contributed by atoms with Gasteiger partial charge in [0.25, 0.3) is 0 Å². The number of aromatic hydroxyl groups is 1. The SMILES string of the molecule is NC1CC(c2ccc(O)cc2)C1. The third-order valence-corrected chi connectivity index (χ3v) is 2.54. The summed E-state index contributed by atoms with van der Waals surface area (Å²) in [4.78, 5) is 0. The monoisotopic (exact) mass is 163 g/mol. The Morgan fingerprint density at radius 1 is 1.17 bits per heavy atom. The average Bonchev–Trinajstić information content (AvgIpc) is 2.01. The molecule has 1 aliphatic rings. The van der Waals surface area contributed by atoms with Crippen LogP contribution >= 0.6 is 0 Å². The molecule has 0 amide bonds. The van der Waals surface area contributed by atoms with E-state index < -0.39 is 0 Å². The number of phenols is 1. The summed E-state index contributed by atoms with van der Waals surface area (Å²) < 4.78 is 0. The van der Waals surface area contributed by atoms with Gasteiger partial charge in [-0.25, -0.2) is 0 Å². The standard InChI is InChI=1S/C10H13NO/c11-9-5-8(6-9)7-1-3-10(12)4-2-7/h1-4,8-9,12H,5-6,11H2. The second kappa shape index (κ2) is 2.79. The molecule has 0 saturated heterocycles. The molecular weight excluding hydrogens is 150 g/mol. The van der Waals surface area contributed by atoms with Crippen molar-refractivity contribution in [2.75, 3.05) is 0 Å². The van der Waals surface area contributed by atoms with Crippen LogP contribution in [0.5, 0.6) is 5.75 Å². The Kier molecular flexibility index (Phi) is 1.77. The maximum Gasteiger partial charge on any atom is 0.115 e. The normalized spacial score (nSPS) is 28.1. The number of hydrogen-bond donors (Lipinski definition) is 2. The molecule has 2 heteroatoms. The zero-order valence-corrected chi connectivity index (χ0v) is 6.90. The van der Waals surface area contributed by atoms with Crippen LogP contribution in [0.3, 0.4) is 0 Å². The fourth-order valence-electron chi connectivity index (χ4n) is 1.68. The van der Waals surface area contributed by atoms with E-state index in [9.17, 15) is 0 Å². The molecule has 0 heterocycles. The Bertz CT molecular complexity index is 262. The van der Waals surface area contributed by atoms with E-state index >= 15 is 0 Å².